The van der Waals surface area contributed by atoms with E-state index in [1.807, 2.05) is 18.2 Å². The van der Waals surface area contributed by atoms with Gasteiger partial charge in [0.25, 0.3) is 0 Å². The molecule has 0 bridgehead atoms. The number of hydroxylamine groups is 1. The number of hydrogen-bond donors (Lipinski definition) is 1. The minimum Gasteiger partial charge on any atom is -0.272 e. The quantitative estimate of drug-likeness (QED) is 0.712. The Morgan fingerprint density at radius 3 is 2.75 bits per heavy atom. The molecule has 0 fully saturated rings. The number of rotatable bonds is 2. The second-order valence-electron chi connectivity index (χ2n) is 2.80. The zero-order valence-corrected chi connectivity index (χ0v) is 6.79. The molecule has 12 heavy (non-hydrogen) atoms. The minimum absolute atomic E-state index is 0.683. The van der Waals surface area contributed by atoms with Crippen LogP contribution in [0, 0.1) is 0 Å². The highest BCUT2D eigenvalue weighted by Gasteiger charge is 2.03. The van der Waals surface area contributed by atoms with Crippen molar-refractivity contribution in [3.63, 3.8) is 0 Å². The topological polar surface area (TPSA) is 21.3 Å². The molecule has 0 aliphatic carbocycles. The molecule has 1 aliphatic rings. The Hall–Kier alpha value is -1.28. The van der Waals surface area contributed by atoms with E-state index in [4.69, 9.17) is 4.84 Å². The standard InChI is InChI=1S/C10H11NO/c1-2-4-9(5-3-1)8-10-6-7-12-11-10/h1-6,11H,7-8H2. The normalized spacial score (nSPS) is 15.5. The largest absolute Gasteiger partial charge is 0.272 e. The van der Waals surface area contributed by atoms with Gasteiger partial charge < -0.3 is 0 Å². The Balaban J connectivity index is 2.04. The van der Waals surface area contributed by atoms with Crippen LogP contribution in [-0.4, -0.2) is 6.61 Å². The van der Waals surface area contributed by atoms with Crippen molar-refractivity contribution in [2.24, 2.45) is 0 Å². The maximum absolute atomic E-state index is 4.99. The predicted molar refractivity (Wildman–Crippen MR) is 47.3 cm³/mol. The number of nitrogens with one attached hydrogen (secondary N) is 1. The molecule has 1 N–H and O–H groups in total. The summed E-state index contributed by atoms with van der Waals surface area (Å²) in [6.45, 7) is 0.683. The Bertz CT molecular complexity index is 279. The number of benzene rings is 1. The van der Waals surface area contributed by atoms with Crippen LogP contribution in [0.15, 0.2) is 42.1 Å². The SMILES string of the molecule is C1=C(Cc2ccccc2)NOC1. The average molecular weight is 161 g/mol. The van der Waals surface area contributed by atoms with E-state index in [2.05, 4.69) is 23.7 Å². The molecule has 2 heteroatoms. The van der Waals surface area contributed by atoms with Crippen molar-refractivity contribution in [3.05, 3.63) is 47.7 Å². The van der Waals surface area contributed by atoms with E-state index in [9.17, 15) is 0 Å². The molecule has 1 aromatic rings. The fourth-order valence-corrected chi connectivity index (χ4v) is 1.24. The van der Waals surface area contributed by atoms with Crippen LogP contribution in [0.1, 0.15) is 5.56 Å². The summed E-state index contributed by atoms with van der Waals surface area (Å²) in [5.74, 6) is 0. The third kappa shape index (κ3) is 1.66. The molecule has 2 nitrogen and oxygen atoms in total. The van der Waals surface area contributed by atoms with E-state index < -0.39 is 0 Å². The van der Waals surface area contributed by atoms with E-state index in [0.717, 1.165) is 12.1 Å². The molecule has 1 heterocycles. The van der Waals surface area contributed by atoms with Crippen LogP contribution in [0.3, 0.4) is 0 Å². The summed E-state index contributed by atoms with van der Waals surface area (Å²) in [6.07, 6.45) is 2.99. The maximum Gasteiger partial charge on any atom is 0.0947 e. The highest BCUT2D eigenvalue weighted by molar-refractivity contribution is 5.21. The van der Waals surface area contributed by atoms with Crippen molar-refractivity contribution in [3.8, 4) is 0 Å². The molecule has 0 saturated heterocycles. The van der Waals surface area contributed by atoms with Crippen molar-refractivity contribution in [2.75, 3.05) is 6.61 Å². The fourth-order valence-electron chi connectivity index (χ4n) is 1.24. The fraction of sp³-hybridized carbons (Fsp3) is 0.200. The summed E-state index contributed by atoms with van der Waals surface area (Å²) >= 11 is 0. The molecule has 1 aromatic carbocycles. The second-order valence-corrected chi connectivity index (χ2v) is 2.80. The monoisotopic (exact) mass is 161 g/mol. The van der Waals surface area contributed by atoms with Crippen molar-refractivity contribution in [1.82, 2.24) is 5.48 Å². The molecular formula is C10H11NO. The Morgan fingerprint density at radius 2 is 2.08 bits per heavy atom. The van der Waals surface area contributed by atoms with Crippen LogP contribution >= 0.6 is 0 Å². The molecule has 0 aromatic heterocycles. The Kier molecular flexibility index (Phi) is 2.10. The summed E-state index contributed by atoms with van der Waals surface area (Å²) in [7, 11) is 0. The van der Waals surface area contributed by atoms with Gasteiger partial charge in [-0.25, -0.2) is 0 Å². The first-order chi connectivity index (χ1) is 5.95. The molecule has 0 unspecified atom stereocenters. The van der Waals surface area contributed by atoms with Gasteiger partial charge in [0.2, 0.25) is 0 Å². The molecule has 62 valence electrons. The summed E-state index contributed by atoms with van der Waals surface area (Å²) in [4.78, 5) is 4.99. The van der Waals surface area contributed by atoms with Gasteiger partial charge >= 0.3 is 0 Å². The number of allylic oxidation sites excluding steroid dienone is 1. The van der Waals surface area contributed by atoms with E-state index >= 15 is 0 Å². The lowest BCUT2D eigenvalue weighted by molar-refractivity contribution is 0.107. The van der Waals surface area contributed by atoms with Gasteiger partial charge in [0.1, 0.15) is 0 Å². The third-order valence-corrected chi connectivity index (χ3v) is 1.85. The lowest BCUT2D eigenvalue weighted by atomic mass is 10.1. The van der Waals surface area contributed by atoms with Crippen LogP contribution in [0.2, 0.25) is 0 Å². The lowest BCUT2D eigenvalue weighted by Gasteiger charge is -2.02. The predicted octanol–water partition coefficient (Wildman–Crippen LogP) is 1.65. The molecule has 1 aliphatic heterocycles. The lowest BCUT2D eigenvalue weighted by Crippen LogP contribution is -2.07. The third-order valence-electron chi connectivity index (χ3n) is 1.85. The number of hydrogen-bond acceptors (Lipinski definition) is 2. The van der Waals surface area contributed by atoms with Gasteiger partial charge in [-0.3, -0.25) is 10.3 Å². The molecule has 2 rings (SSSR count). The van der Waals surface area contributed by atoms with Crippen LogP contribution in [0.5, 0.6) is 0 Å². The van der Waals surface area contributed by atoms with Crippen LogP contribution in [0.4, 0.5) is 0 Å². The molecular weight excluding hydrogens is 150 g/mol. The minimum atomic E-state index is 0.683. The molecule has 0 spiro atoms. The van der Waals surface area contributed by atoms with E-state index in [1.165, 1.54) is 5.56 Å². The van der Waals surface area contributed by atoms with Gasteiger partial charge in [0.15, 0.2) is 0 Å². The summed E-state index contributed by atoms with van der Waals surface area (Å²) < 4.78 is 0. The first kappa shape index (κ1) is 7.37. The summed E-state index contributed by atoms with van der Waals surface area (Å²) in [5, 5.41) is 0. The molecule has 0 saturated carbocycles. The first-order valence-electron chi connectivity index (χ1n) is 4.06. The average Bonchev–Trinajstić information content (AvgIpc) is 2.59. The zero-order valence-electron chi connectivity index (χ0n) is 6.79. The van der Waals surface area contributed by atoms with Crippen molar-refractivity contribution >= 4 is 0 Å². The van der Waals surface area contributed by atoms with Gasteiger partial charge in [-0.15, -0.1) is 0 Å². The van der Waals surface area contributed by atoms with E-state index in [-0.39, 0.29) is 0 Å². The Morgan fingerprint density at radius 1 is 1.25 bits per heavy atom. The van der Waals surface area contributed by atoms with Crippen molar-refractivity contribution in [1.29, 1.82) is 0 Å². The highest BCUT2D eigenvalue weighted by atomic mass is 16.6. The summed E-state index contributed by atoms with van der Waals surface area (Å²) in [5.41, 5.74) is 5.33. The first-order valence-corrected chi connectivity index (χ1v) is 4.06. The van der Waals surface area contributed by atoms with Gasteiger partial charge in [-0.2, -0.15) is 0 Å². The van der Waals surface area contributed by atoms with Gasteiger partial charge in [-0.05, 0) is 11.6 Å². The van der Waals surface area contributed by atoms with E-state index in [0.29, 0.717) is 6.61 Å². The smallest absolute Gasteiger partial charge is 0.0947 e. The van der Waals surface area contributed by atoms with E-state index in [1.54, 1.807) is 0 Å². The van der Waals surface area contributed by atoms with Crippen molar-refractivity contribution < 1.29 is 4.84 Å². The van der Waals surface area contributed by atoms with Crippen LogP contribution < -0.4 is 5.48 Å². The highest BCUT2D eigenvalue weighted by Crippen LogP contribution is 2.07. The van der Waals surface area contributed by atoms with Gasteiger partial charge in [0.05, 0.1) is 6.61 Å². The zero-order chi connectivity index (χ0) is 8.23. The van der Waals surface area contributed by atoms with Crippen molar-refractivity contribution in [2.45, 2.75) is 6.42 Å². The molecule has 0 radical (unpaired) electrons. The summed E-state index contributed by atoms with van der Waals surface area (Å²) in [6, 6.07) is 10.3. The van der Waals surface area contributed by atoms with Crippen LogP contribution in [-0.2, 0) is 11.3 Å². The van der Waals surface area contributed by atoms with Crippen LogP contribution in [0.25, 0.3) is 0 Å². The van der Waals surface area contributed by atoms with Gasteiger partial charge in [-0.1, -0.05) is 30.3 Å². The maximum atomic E-state index is 4.99. The molecule has 0 amide bonds. The van der Waals surface area contributed by atoms with Gasteiger partial charge in [0, 0.05) is 12.1 Å². The second kappa shape index (κ2) is 3.41. The Labute approximate surface area is 71.8 Å². The molecule has 0 atom stereocenters.